The highest BCUT2D eigenvalue weighted by Crippen LogP contribution is 2.32. The van der Waals surface area contributed by atoms with Crippen molar-refractivity contribution in [2.24, 2.45) is 0 Å². The number of hydrogen-bond donors (Lipinski definition) is 2. The molecule has 0 fully saturated rings. The van der Waals surface area contributed by atoms with Crippen LogP contribution < -0.4 is 5.56 Å². The van der Waals surface area contributed by atoms with E-state index in [1.807, 2.05) is 0 Å². The Kier molecular flexibility index (Phi) is 2.95. The SMILES string of the molecule is O=c1[nH]c(-c2ccc(Cl)cc2)c(O)c2ccc(F)cc12. The van der Waals surface area contributed by atoms with Gasteiger partial charge in [0.1, 0.15) is 11.6 Å². The van der Waals surface area contributed by atoms with E-state index in [4.69, 9.17) is 11.6 Å². The van der Waals surface area contributed by atoms with Gasteiger partial charge in [-0.15, -0.1) is 0 Å². The largest absolute Gasteiger partial charge is 0.505 e. The minimum absolute atomic E-state index is 0.0954. The molecule has 0 aliphatic carbocycles. The first-order valence-electron chi connectivity index (χ1n) is 5.87. The summed E-state index contributed by atoms with van der Waals surface area (Å²) < 4.78 is 13.2. The van der Waals surface area contributed by atoms with Crippen LogP contribution in [0.15, 0.2) is 47.3 Å². The molecule has 100 valence electrons. The smallest absolute Gasteiger partial charge is 0.256 e. The molecule has 3 aromatic rings. The van der Waals surface area contributed by atoms with Gasteiger partial charge in [0.25, 0.3) is 5.56 Å². The number of rotatable bonds is 1. The van der Waals surface area contributed by atoms with Gasteiger partial charge in [-0.1, -0.05) is 23.7 Å². The van der Waals surface area contributed by atoms with E-state index in [-0.39, 0.29) is 16.8 Å². The molecule has 3 nitrogen and oxygen atoms in total. The van der Waals surface area contributed by atoms with Crippen molar-refractivity contribution in [2.45, 2.75) is 0 Å². The van der Waals surface area contributed by atoms with Crippen LogP contribution in [0.4, 0.5) is 4.39 Å². The van der Waals surface area contributed by atoms with Crippen LogP contribution in [0, 0.1) is 5.82 Å². The molecule has 0 aliphatic rings. The van der Waals surface area contributed by atoms with E-state index in [1.165, 1.54) is 12.1 Å². The van der Waals surface area contributed by atoms with Crippen LogP contribution >= 0.6 is 11.6 Å². The summed E-state index contributed by atoms with van der Waals surface area (Å²) in [5.41, 5.74) is 0.447. The maximum absolute atomic E-state index is 13.2. The van der Waals surface area contributed by atoms with Crippen LogP contribution in [0.3, 0.4) is 0 Å². The van der Waals surface area contributed by atoms with Gasteiger partial charge >= 0.3 is 0 Å². The predicted octanol–water partition coefficient (Wildman–Crippen LogP) is 3.69. The number of benzene rings is 2. The number of halogens is 2. The lowest BCUT2D eigenvalue weighted by Gasteiger charge is -2.08. The second-order valence-electron chi connectivity index (χ2n) is 4.37. The van der Waals surface area contributed by atoms with E-state index >= 15 is 0 Å². The van der Waals surface area contributed by atoms with Crippen LogP contribution in [-0.4, -0.2) is 10.1 Å². The zero-order valence-electron chi connectivity index (χ0n) is 10.2. The van der Waals surface area contributed by atoms with Gasteiger partial charge < -0.3 is 10.1 Å². The van der Waals surface area contributed by atoms with Gasteiger partial charge in [0.2, 0.25) is 0 Å². The van der Waals surface area contributed by atoms with Crippen LogP contribution in [0.2, 0.25) is 5.02 Å². The number of nitrogens with one attached hydrogen (secondary N) is 1. The Morgan fingerprint density at radius 2 is 1.75 bits per heavy atom. The molecule has 1 heterocycles. The molecule has 0 atom stereocenters. The van der Waals surface area contributed by atoms with Crippen molar-refractivity contribution >= 4 is 22.4 Å². The summed E-state index contributed by atoms with van der Waals surface area (Å²) >= 11 is 5.81. The highest BCUT2D eigenvalue weighted by molar-refractivity contribution is 6.30. The van der Waals surface area contributed by atoms with Crippen molar-refractivity contribution in [1.29, 1.82) is 0 Å². The monoisotopic (exact) mass is 289 g/mol. The molecule has 1 aromatic heterocycles. The van der Waals surface area contributed by atoms with Crippen LogP contribution in [0.1, 0.15) is 0 Å². The second kappa shape index (κ2) is 4.65. The minimum Gasteiger partial charge on any atom is -0.505 e. The first kappa shape index (κ1) is 12.7. The fourth-order valence-corrected chi connectivity index (χ4v) is 2.24. The van der Waals surface area contributed by atoms with E-state index in [1.54, 1.807) is 24.3 Å². The first-order chi connectivity index (χ1) is 9.56. The molecule has 0 saturated heterocycles. The Morgan fingerprint density at radius 1 is 1.05 bits per heavy atom. The molecule has 0 radical (unpaired) electrons. The third kappa shape index (κ3) is 2.04. The van der Waals surface area contributed by atoms with Crippen LogP contribution in [0.5, 0.6) is 5.75 Å². The van der Waals surface area contributed by atoms with Crippen molar-refractivity contribution in [3.63, 3.8) is 0 Å². The van der Waals surface area contributed by atoms with Gasteiger partial charge in [-0.25, -0.2) is 4.39 Å². The number of aromatic hydroxyl groups is 1. The molecule has 0 amide bonds. The quantitative estimate of drug-likeness (QED) is 0.718. The number of fused-ring (bicyclic) bond motifs is 1. The minimum atomic E-state index is -0.526. The van der Waals surface area contributed by atoms with Crippen molar-refractivity contribution < 1.29 is 9.50 Å². The number of H-pyrrole nitrogens is 1. The van der Waals surface area contributed by atoms with E-state index in [2.05, 4.69) is 4.98 Å². The maximum Gasteiger partial charge on any atom is 0.256 e. The summed E-state index contributed by atoms with van der Waals surface area (Å²) in [4.78, 5) is 14.6. The average molecular weight is 290 g/mol. The normalized spacial score (nSPS) is 10.9. The van der Waals surface area contributed by atoms with E-state index in [9.17, 15) is 14.3 Å². The molecular formula is C15H9ClFNO2. The lowest BCUT2D eigenvalue weighted by Crippen LogP contribution is -2.08. The molecule has 3 rings (SSSR count). The lowest BCUT2D eigenvalue weighted by atomic mass is 10.1. The Hall–Kier alpha value is -2.33. The molecule has 5 heteroatoms. The Morgan fingerprint density at radius 3 is 2.45 bits per heavy atom. The Balaban J connectivity index is 2.33. The van der Waals surface area contributed by atoms with Gasteiger partial charge in [-0.05, 0) is 30.3 Å². The molecule has 2 N–H and O–H groups in total. The standard InChI is InChI=1S/C15H9ClFNO2/c16-9-3-1-8(2-4-9)13-14(19)11-6-5-10(17)7-12(11)15(20)18-13/h1-7,19H,(H,18,20). The Labute approximate surface area is 118 Å². The lowest BCUT2D eigenvalue weighted by molar-refractivity contribution is 0.481. The predicted molar refractivity (Wildman–Crippen MR) is 76.6 cm³/mol. The number of pyridine rings is 1. The molecule has 0 aliphatic heterocycles. The van der Waals surface area contributed by atoms with Crippen LogP contribution in [-0.2, 0) is 0 Å². The van der Waals surface area contributed by atoms with Gasteiger partial charge in [0.05, 0.1) is 11.1 Å². The maximum atomic E-state index is 13.2. The number of aromatic amines is 1. The zero-order valence-corrected chi connectivity index (χ0v) is 10.9. The van der Waals surface area contributed by atoms with Crippen molar-refractivity contribution in [2.75, 3.05) is 0 Å². The molecule has 0 spiro atoms. The molecular weight excluding hydrogens is 281 g/mol. The third-order valence-corrected chi connectivity index (χ3v) is 3.34. The third-order valence-electron chi connectivity index (χ3n) is 3.09. The van der Waals surface area contributed by atoms with Crippen molar-refractivity contribution in [1.82, 2.24) is 4.98 Å². The van der Waals surface area contributed by atoms with Crippen molar-refractivity contribution in [3.05, 3.63) is 63.7 Å². The average Bonchev–Trinajstić information content (AvgIpc) is 2.44. The second-order valence-corrected chi connectivity index (χ2v) is 4.81. The summed E-state index contributed by atoms with van der Waals surface area (Å²) in [7, 11) is 0. The van der Waals surface area contributed by atoms with Gasteiger partial charge in [0, 0.05) is 16.0 Å². The molecule has 0 saturated carbocycles. The summed E-state index contributed by atoms with van der Waals surface area (Å²) in [6.45, 7) is 0. The highest BCUT2D eigenvalue weighted by atomic mass is 35.5. The Bertz CT molecular complexity index is 856. The zero-order chi connectivity index (χ0) is 14.3. The fraction of sp³-hybridized carbons (Fsp3) is 0. The van der Waals surface area contributed by atoms with E-state index in [0.717, 1.165) is 6.07 Å². The number of aromatic nitrogens is 1. The summed E-state index contributed by atoms with van der Waals surface area (Å²) in [6, 6.07) is 10.4. The highest BCUT2D eigenvalue weighted by Gasteiger charge is 2.12. The summed E-state index contributed by atoms with van der Waals surface area (Å²) in [5, 5.41) is 11.2. The molecule has 0 bridgehead atoms. The summed E-state index contributed by atoms with van der Waals surface area (Å²) in [5.74, 6) is -0.622. The van der Waals surface area contributed by atoms with E-state index < -0.39 is 11.4 Å². The van der Waals surface area contributed by atoms with Gasteiger partial charge in [-0.3, -0.25) is 4.79 Å². The summed E-state index contributed by atoms with van der Waals surface area (Å²) in [6.07, 6.45) is 0. The number of hydrogen-bond acceptors (Lipinski definition) is 2. The molecule has 20 heavy (non-hydrogen) atoms. The first-order valence-corrected chi connectivity index (χ1v) is 6.24. The fourth-order valence-electron chi connectivity index (χ4n) is 2.11. The molecule has 0 unspecified atom stereocenters. The van der Waals surface area contributed by atoms with Gasteiger partial charge in [-0.2, -0.15) is 0 Å². The topological polar surface area (TPSA) is 53.1 Å². The van der Waals surface area contributed by atoms with E-state index in [0.29, 0.717) is 16.0 Å². The van der Waals surface area contributed by atoms with Crippen LogP contribution in [0.25, 0.3) is 22.0 Å². The van der Waals surface area contributed by atoms with Gasteiger partial charge in [0.15, 0.2) is 0 Å². The molecule has 2 aromatic carbocycles. The van der Waals surface area contributed by atoms with Crippen molar-refractivity contribution in [3.8, 4) is 17.0 Å².